The largest absolute Gasteiger partial charge is 0.439 e. The fourth-order valence-corrected chi connectivity index (χ4v) is 2.31. The molecule has 0 atom stereocenters. The van der Waals surface area contributed by atoms with Gasteiger partial charge in [-0.05, 0) is 31.2 Å². The Kier molecular flexibility index (Phi) is 4.34. The maximum absolute atomic E-state index is 11.4. The average molecular weight is 328 g/mol. The smallest absolute Gasteiger partial charge is 0.231 e. The zero-order valence-corrected chi connectivity index (χ0v) is 13.3. The lowest BCUT2D eigenvalue weighted by atomic mass is 10.3. The van der Waals surface area contributed by atoms with Crippen LogP contribution in [0.2, 0.25) is 5.15 Å². The SMILES string of the molecule is Cc1nc(Cl)cc(Oc2ccc(N(C)S(C)(=O)=O)cc2)n1. The van der Waals surface area contributed by atoms with Crippen molar-refractivity contribution >= 4 is 27.3 Å². The molecule has 0 bridgehead atoms. The first-order chi connectivity index (χ1) is 9.75. The van der Waals surface area contributed by atoms with Crippen LogP contribution in [0.5, 0.6) is 11.6 Å². The highest BCUT2D eigenvalue weighted by atomic mass is 35.5. The van der Waals surface area contributed by atoms with Crippen molar-refractivity contribution in [3.63, 3.8) is 0 Å². The molecule has 0 aliphatic carbocycles. The topological polar surface area (TPSA) is 72.4 Å². The van der Waals surface area contributed by atoms with Crippen LogP contribution < -0.4 is 9.04 Å². The molecule has 0 saturated heterocycles. The van der Waals surface area contributed by atoms with Gasteiger partial charge < -0.3 is 4.74 Å². The molecular weight excluding hydrogens is 314 g/mol. The van der Waals surface area contributed by atoms with Crippen LogP contribution in [-0.2, 0) is 10.0 Å². The molecule has 0 radical (unpaired) electrons. The summed E-state index contributed by atoms with van der Waals surface area (Å²) in [6, 6.07) is 8.11. The van der Waals surface area contributed by atoms with E-state index in [1.807, 2.05) is 0 Å². The first kappa shape index (κ1) is 15.5. The molecule has 1 heterocycles. The molecule has 0 aliphatic rings. The molecule has 2 rings (SSSR count). The van der Waals surface area contributed by atoms with Crippen molar-refractivity contribution in [1.29, 1.82) is 0 Å². The van der Waals surface area contributed by atoms with Gasteiger partial charge in [0.2, 0.25) is 15.9 Å². The molecule has 1 aromatic carbocycles. The van der Waals surface area contributed by atoms with Crippen LogP contribution in [0.25, 0.3) is 0 Å². The van der Waals surface area contributed by atoms with Crippen molar-refractivity contribution in [1.82, 2.24) is 9.97 Å². The molecule has 2 aromatic rings. The van der Waals surface area contributed by atoms with Crippen molar-refractivity contribution in [3.8, 4) is 11.6 Å². The van der Waals surface area contributed by atoms with Crippen LogP contribution in [0.4, 0.5) is 5.69 Å². The summed E-state index contributed by atoms with van der Waals surface area (Å²) >= 11 is 5.83. The second-order valence-corrected chi connectivity index (χ2v) is 6.80. The Bertz CT molecular complexity index is 728. The Morgan fingerprint density at radius 3 is 2.33 bits per heavy atom. The van der Waals surface area contributed by atoms with Crippen LogP contribution in [-0.4, -0.2) is 31.7 Å². The highest BCUT2D eigenvalue weighted by molar-refractivity contribution is 7.92. The van der Waals surface area contributed by atoms with Crippen molar-refractivity contribution in [3.05, 3.63) is 41.3 Å². The third-order valence-electron chi connectivity index (χ3n) is 2.70. The number of aromatic nitrogens is 2. The molecule has 0 aliphatic heterocycles. The number of hydrogen-bond donors (Lipinski definition) is 0. The standard InChI is InChI=1S/C13H14ClN3O3S/c1-9-15-12(14)8-13(16-9)20-11-6-4-10(5-7-11)17(2)21(3,18)19/h4-8H,1-3H3. The molecule has 1 aromatic heterocycles. The summed E-state index contributed by atoms with van der Waals surface area (Å²) in [7, 11) is -1.80. The summed E-state index contributed by atoms with van der Waals surface area (Å²) in [6.07, 6.45) is 1.14. The van der Waals surface area contributed by atoms with Gasteiger partial charge in [0.1, 0.15) is 16.7 Å². The zero-order valence-electron chi connectivity index (χ0n) is 11.7. The Labute approximate surface area is 128 Å². The Morgan fingerprint density at radius 1 is 1.19 bits per heavy atom. The number of halogens is 1. The van der Waals surface area contributed by atoms with E-state index in [1.54, 1.807) is 31.2 Å². The predicted octanol–water partition coefficient (Wildman–Crippen LogP) is 2.63. The average Bonchev–Trinajstić information content (AvgIpc) is 2.36. The first-order valence-electron chi connectivity index (χ1n) is 5.99. The maximum Gasteiger partial charge on any atom is 0.231 e. The number of sulfonamides is 1. The molecule has 21 heavy (non-hydrogen) atoms. The first-order valence-corrected chi connectivity index (χ1v) is 8.21. The van der Waals surface area contributed by atoms with Gasteiger partial charge in [-0.25, -0.2) is 13.4 Å². The number of hydrogen-bond acceptors (Lipinski definition) is 5. The quantitative estimate of drug-likeness (QED) is 0.807. The predicted molar refractivity (Wildman–Crippen MR) is 81.5 cm³/mol. The summed E-state index contributed by atoms with van der Waals surface area (Å²) in [6.45, 7) is 1.71. The van der Waals surface area contributed by atoms with Gasteiger partial charge in [-0.1, -0.05) is 11.6 Å². The molecule has 0 fully saturated rings. The van der Waals surface area contributed by atoms with Gasteiger partial charge in [0.15, 0.2) is 0 Å². The lowest BCUT2D eigenvalue weighted by molar-refractivity contribution is 0.460. The minimum Gasteiger partial charge on any atom is -0.439 e. The highest BCUT2D eigenvalue weighted by Crippen LogP contribution is 2.25. The highest BCUT2D eigenvalue weighted by Gasteiger charge is 2.11. The molecule has 6 nitrogen and oxygen atoms in total. The number of aryl methyl sites for hydroxylation is 1. The molecule has 8 heteroatoms. The number of nitrogens with zero attached hydrogens (tertiary/aromatic N) is 3. The van der Waals surface area contributed by atoms with E-state index in [0.29, 0.717) is 28.3 Å². The Balaban J connectivity index is 2.20. The van der Waals surface area contributed by atoms with Crippen LogP contribution in [0.1, 0.15) is 5.82 Å². The van der Waals surface area contributed by atoms with E-state index in [2.05, 4.69) is 9.97 Å². The minimum atomic E-state index is -3.28. The fourth-order valence-electron chi connectivity index (χ4n) is 1.59. The van der Waals surface area contributed by atoms with E-state index >= 15 is 0 Å². The Morgan fingerprint density at radius 2 is 1.81 bits per heavy atom. The molecule has 0 N–H and O–H groups in total. The van der Waals surface area contributed by atoms with E-state index in [0.717, 1.165) is 6.26 Å². The van der Waals surface area contributed by atoms with Gasteiger partial charge in [0.05, 0.1) is 11.9 Å². The Hall–Kier alpha value is -1.86. The van der Waals surface area contributed by atoms with Gasteiger partial charge in [0, 0.05) is 13.1 Å². The van der Waals surface area contributed by atoms with E-state index < -0.39 is 10.0 Å². The summed E-state index contributed by atoms with van der Waals surface area (Å²) in [5.74, 6) is 1.36. The van der Waals surface area contributed by atoms with Gasteiger partial charge in [-0.2, -0.15) is 4.98 Å². The molecule has 0 saturated carbocycles. The van der Waals surface area contributed by atoms with Gasteiger partial charge in [-0.15, -0.1) is 0 Å². The van der Waals surface area contributed by atoms with Gasteiger partial charge in [0.25, 0.3) is 0 Å². The lowest BCUT2D eigenvalue weighted by Crippen LogP contribution is -2.24. The van der Waals surface area contributed by atoms with Crippen LogP contribution >= 0.6 is 11.6 Å². The summed E-state index contributed by atoms with van der Waals surface area (Å²) in [5.41, 5.74) is 0.543. The third-order valence-corrected chi connectivity index (χ3v) is 4.10. The number of benzene rings is 1. The summed E-state index contributed by atoms with van der Waals surface area (Å²) < 4.78 is 29.6. The second-order valence-electron chi connectivity index (χ2n) is 4.40. The molecular formula is C13H14ClN3O3S. The van der Waals surface area contributed by atoms with Crippen molar-refractivity contribution in [2.24, 2.45) is 0 Å². The fraction of sp³-hybridized carbons (Fsp3) is 0.231. The van der Waals surface area contributed by atoms with E-state index in [1.165, 1.54) is 17.4 Å². The summed E-state index contributed by atoms with van der Waals surface area (Å²) in [4.78, 5) is 8.04. The third kappa shape index (κ3) is 4.05. The lowest BCUT2D eigenvalue weighted by Gasteiger charge is -2.16. The van der Waals surface area contributed by atoms with Crippen LogP contribution in [0, 0.1) is 6.92 Å². The van der Waals surface area contributed by atoms with Crippen molar-refractivity contribution < 1.29 is 13.2 Å². The molecule has 0 spiro atoms. The number of ether oxygens (including phenoxy) is 1. The summed E-state index contributed by atoms with van der Waals surface area (Å²) in [5, 5.41) is 0.297. The second kappa shape index (κ2) is 5.87. The van der Waals surface area contributed by atoms with Crippen LogP contribution in [0.15, 0.2) is 30.3 Å². The molecule has 112 valence electrons. The number of anilines is 1. The minimum absolute atomic E-state index is 0.297. The van der Waals surface area contributed by atoms with Gasteiger partial charge in [-0.3, -0.25) is 4.31 Å². The van der Waals surface area contributed by atoms with E-state index in [9.17, 15) is 8.42 Å². The normalized spacial score (nSPS) is 11.2. The monoisotopic (exact) mass is 327 g/mol. The zero-order chi connectivity index (χ0) is 15.6. The van der Waals surface area contributed by atoms with E-state index in [4.69, 9.17) is 16.3 Å². The maximum atomic E-state index is 11.4. The van der Waals surface area contributed by atoms with Crippen LogP contribution in [0.3, 0.4) is 0 Å². The van der Waals surface area contributed by atoms with Crippen molar-refractivity contribution in [2.75, 3.05) is 17.6 Å². The molecule has 0 amide bonds. The molecule has 0 unspecified atom stereocenters. The van der Waals surface area contributed by atoms with Crippen molar-refractivity contribution in [2.45, 2.75) is 6.92 Å². The number of rotatable bonds is 4. The van der Waals surface area contributed by atoms with Gasteiger partial charge >= 0.3 is 0 Å². The van der Waals surface area contributed by atoms with E-state index in [-0.39, 0.29) is 0 Å².